The summed E-state index contributed by atoms with van der Waals surface area (Å²) in [5, 5.41) is 10.7. The van der Waals surface area contributed by atoms with Gasteiger partial charge in [0.25, 0.3) is 0 Å². The van der Waals surface area contributed by atoms with E-state index < -0.39 is 18.6 Å². The molecule has 32 heavy (non-hydrogen) atoms. The minimum atomic E-state index is -4.45. The van der Waals surface area contributed by atoms with Crippen molar-refractivity contribution in [2.45, 2.75) is 21.4 Å². The molecule has 0 radical (unpaired) electrons. The summed E-state index contributed by atoms with van der Waals surface area (Å²) in [6.45, 7) is -1.36. The molecule has 2 aromatic heterocycles. The molecule has 0 aliphatic rings. The van der Waals surface area contributed by atoms with E-state index in [1.165, 1.54) is 11.8 Å². The van der Waals surface area contributed by atoms with Crippen molar-refractivity contribution in [2.75, 3.05) is 12.3 Å². The predicted molar refractivity (Wildman–Crippen MR) is 120 cm³/mol. The zero-order valence-electron chi connectivity index (χ0n) is 16.4. The van der Waals surface area contributed by atoms with Crippen LogP contribution in [0.2, 0.25) is 0 Å². The first kappa shape index (κ1) is 22.6. The second-order valence-electron chi connectivity index (χ2n) is 6.49. The van der Waals surface area contributed by atoms with Crippen LogP contribution in [0, 0.1) is 0 Å². The van der Waals surface area contributed by atoms with Crippen LogP contribution >= 0.6 is 34.9 Å². The number of nitrogens with one attached hydrogen (secondary N) is 1. The van der Waals surface area contributed by atoms with Crippen molar-refractivity contribution in [2.24, 2.45) is 0 Å². The van der Waals surface area contributed by atoms with Crippen LogP contribution in [-0.2, 0) is 10.5 Å². The first-order valence-corrected chi connectivity index (χ1v) is 12.1. The lowest BCUT2D eigenvalue weighted by atomic mass is 10.3. The van der Waals surface area contributed by atoms with E-state index in [-0.39, 0.29) is 5.75 Å². The number of benzene rings is 2. The number of carbonyl (C=O) groups excluding carboxylic acids is 1. The number of alkyl halides is 3. The molecule has 4 aromatic rings. The topological polar surface area (TPSA) is 72.7 Å². The second-order valence-corrected chi connectivity index (χ2v) is 9.68. The first-order chi connectivity index (χ1) is 15.4. The van der Waals surface area contributed by atoms with Gasteiger partial charge in [0, 0.05) is 5.69 Å². The molecule has 0 aliphatic heterocycles. The molecule has 0 fully saturated rings. The third-order valence-corrected chi connectivity index (χ3v) is 7.24. The number of thioether (sulfide) groups is 2. The van der Waals surface area contributed by atoms with Crippen molar-refractivity contribution in [3.05, 3.63) is 60.4 Å². The number of amides is 1. The van der Waals surface area contributed by atoms with Gasteiger partial charge >= 0.3 is 6.18 Å². The molecule has 0 atom stereocenters. The van der Waals surface area contributed by atoms with Gasteiger partial charge in [-0.05, 0) is 24.3 Å². The Labute approximate surface area is 193 Å². The Morgan fingerprint density at radius 3 is 2.53 bits per heavy atom. The van der Waals surface area contributed by atoms with E-state index in [1.807, 2.05) is 64.5 Å². The Balaban J connectivity index is 1.49. The molecule has 6 nitrogen and oxygen atoms in total. The molecule has 0 saturated heterocycles. The molecule has 0 bridgehead atoms. The van der Waals surface area contributed by atoms with Crippen molar-refractivity contribution in [3.8, 4) is 5.69 Å². The smallest absolute Gasteiger partial charge is 0.346 e. The summed E-state index contributed by atoms with van der Waals surface area (Å²) >= 11 is 4.15. The number of para-hydroxylation sites is 2. The molecular weight excluding hydrogens is 479 g/mol. The largest absolute Gasteiger partial charge is 0.405 e. The fraction of sp³-hybridized carbons (Fsp3) is 0.200. The minimum absolute atomic E-state index is 0.202. The molecule has 0 aliphatic carbocycles. The summed E-state index contributed by atoms with van der Waals surface area (Å²) in [5.41, 5.74) is 1.74. The highest BCUT2D eigenvalue weighted by atomic mass is 32.2. The molecule has 1 amide bonds. The number of thiazole rings is 1. The molecule has 1 N–H and O–H groups in total. The maximum atomic E-state index is 12.3. The molecule has 166 valence electrons. The maximum absolute atomic E-state index is 12.3. The molecule has 0 spiro atoms. The van der Waals surface area contributed by atoms with E-state index >= 15 is 0 Å². The van der Waals surface area contributed by atoms with Gasteiger partial charge in [0.15, 0.2) is 9.50 Å². The summed E-state index contributed by atoms with van der Waals surface area (Å²) in [5.74, 6) is 0.216. The highest BCUT2D eigenvalue weighted by molar-refractivity contribution is 8.00. The number of carbonyl (C=O) groups is 1. The van der Waals surface area contributed by atoms with Crippen molar-refractivity contribution >= 4 is 51.0 Å². The van der Waals surface area contributed by atoms with E-state index in [0.717, 1.165) is 32.0 Å². The van der Waals surface area contributed by atoms with Crippen LogP contribution in [0.4, 0.5) is 13.2 Å². The summed E-state index contributed by atoms with van der Waals surface area (Å²) in [6, 6.07) is 17.2. The van der Waals surface area contributed by atoms with E-state index in [4.69, 9.17) is 0 Å². The lowest BCUT2D eigenvalue weighted by Gasteiger charge is -2.10. The van der Waals surface area contributed by atoms with E-state index in [9.17, 15) is 18.0 Å². The van der Waals surface area contributed by atoms with E-state index in [0.29, 0.717) is 16.7 Å². The number of fused-ring (bicyclic) bond motifs is 1. The van der Waals surface area contributed by atoms with Crippen LogP contribution in [-0.4, -0.2) is 44.1 Å². The fourth-order valence-electron chi connectivity index (χ4n) is 2.74. The van der Waals surface area contributed by atoms with Crippen molar-refractivity contribution < 1.29 is 18.0 Å². The van der Waals surface area contributed by atoms with Crippen LogP contribution in [0.5, 0.6) is 0 Å². The van der Waals surface area contributed by atoms with Gasteiger partial charge in [-0.1, -0.05) is 53.9 Å². The molecule has 12 heteroatoms. The van der Waals surface area contributed by atoms with Crippen molar-refractivity contribution in [3.63, 3.8) is 0 Å². The molecule has 2 aromatic carbocycles. The van der Waals surface area contributed by atoms with Gasteiger partial charge < -0.3 is 5.32 Å². The Morgan fingerprint density at radius 1 is 1.03 bits per heavy atom. The zero-order valence-corrected chi connectivity index (χ0v) is 18.8. The monoisotopic (exact) mass is 495 g/mol. The minimum Gasteiger partial charge on any atom is -0.346 e. The highest BCUT2D eigenvalue weighted by Gasteiger charge is 2.27. The van der Waals surface area contributed by atoms with Gasteiger partial charge in [0.2, 0.25) is 5.91 Å². The Kier molecular flexibility index (Phi) is 7.01. The fourth-order valence-corrected chi connectivity index (χ4v) is 5.52. The first-order valence-electron chi connectivity index (χ1n) is 9.33. The third-order valence-electron chi connectivity index (χ3n) is 4.13. The van der Waals surface area contributed by atoms with Gasteiger partial charge in [-0.15, -0.1) is 21.5 Å². The van der Waals surface area contributed by atoms with Gasteiger partial charge in [-0.3, -0.25) is 9.36 Å². The molecule has 4 rings (SSSR count). The quantitative estimate of drug-likeness (QED) is 0.349. The number of nitrogens with zero attached hydrogens (tertiary/aromatic N) is 4. The molecule has 2 heterocycles. The van der Waals surface area contributed by atoms with Crippen LogP contribution in [0.15, 0.2) is 64.1 Å². The average molecular weight is 496 g/mol. The SMILES string of the molecule is O=C(CSc1nnc(CSc2nc3ccccc3s2)n1-c1ccccc1)NCC(F)(F)F. The molecular formula is C20H16F3N5OS3. The standard InChI is InChI=1S/C20H16F3N5OS3/c21-20(22,23)12-24-17(29)11-30-18-27-26-16(28(18)13-6-2-1-3-7-13)10-31-19-25-14-8-4-5-9-15(14)32-19/h1-9H,10-12H2,(H,24,29). The van der Waals surface area contributed by atoms with Gasteiger partial charge in [-0.25, -0.2) is 4.98 Å². The van der Waals surface area contributed by atoms with Crippen LogP contribution < -0.4 is 5.32 Å². The Morgan fingerprint density at radius 2 is 1.78 bits per heavy atom. The van der Waals surface area contributed by atoms with Crippen molar-refractivity contribution in [1.29, 1.82) is 0 Å². The Hall–Kier alpha value is -2.57. The van der Waals surface area contributed by atoms with E-state index in [2.05, 4.69) is 15.2 Å². The normalized spacial score (nSPS) is 11.7. The Bertz CT molecular complexity index is 1180. The van der Waals surface area contributed by atoms with Crippen molar-refractivity contribution in [1.82, 2.24) is 25.1 Å². The predicted octanol–water partition coefficient (Wildman–Crippen LogP) is 4.94. The number of rotatable bonds is 8. The van der Waals surface area contributed by atoms with Crippen LogP contribution in [0.1, 0.15) is 5.82 Å². The van der Waals surface area contributed by atoms with Gasteiger partial charge in [0.05, 0.1) is 21.7 Å². The second kappa shape index (κ2) is 9.92. The highest BCUT2D eigenvalue weighted by Crippen LogP contribution is 2.32. The summed E-state index contributed by atoms with van der Waals surface area (Å²) in [7, 11) is 0. The number of aromatic nitrogens is 4. The van der Waals surface area contributed by atoms with Gasteiger partial charge in [0.1, 0.15) is 12.4 Å². The summed E-state index contributed by atoms with van der Waals surface area (Å²) in [6.07, 6.45) is -4.45. The van der Waals surface area contributed by atoms with E-state index in [1.54, 1.807) is 11.3 Å². The zero-order chi connectivity index (χ0) is 22.6. The number of hydrogen-bond donors (Lipinski definition) is 1. The third kappa shape index (κ3) is 5.81. The maximum Gasteiger partial charge on any atom is 0.405 e. The number of hydrogen-bond acceptors (Lipinski definition) is 7. The lowest BCUT2D eigenvalue weighted by Crippen LogP contribution is -2.34. The number of halogens is 3. The van der Waals surface area contributed by atoms with Gasteiger partial charge in [-0.2, -0.15) is 13.2 Å². The van der Waals surface area contributed by atoms with Crippen LogP contribution in [0.25, 0.3) is 15.9 Å². The molecule has 0 saturated carbocycles. The summed E-state index contributed by atoms with van der Waals surface area (Å²) < 4.78 is 40.7. The lowest BCUT2D eigenvalue weighted by molar-refractivity contribution is -0.136. The average Bonchev–Trinajstić information content (AvgIpc) is 3.38. The molecule has 0 unspecified atom stereocenters. The summed E-state index contributed by atoms with van der Waals surface area (Å²) in [4.78, 5) is 16.4. The van der Waals surface area contributed by atoms with Crippen LogP contribution in [0.3, 0.4) is 0 Å².